The van der Waals surface area contributed by atoms with Crippen LogP contribution in [0, 0.1) is 5.82 Å². The van der Waals surface area contributed by atoms with E-state index in [4.69, 9.17) is 11.6 Å². The van der Waals surface area contributed by atoms with Crippen LogP contribution in [0.15, 0.2) is 52.7 Å². The number of halogens is 2. The van der Waals surface area contributed by atoms with Crippen molar-refractivity contribution in [3.63, 3.8) is 0 Å². The molecule has 134 valence electrons. The number of nitrogens with zero attached hydrogens (tertiary/aromatic N) is 3. The van der Waals surface area contributed by atoms with Gasteiger partial charge in [0.1, 0.15) is 5.82 Å². The number of carbonyl (C=O) groups excluding carboxylic acids is 1. The first-order valence-corrected chi connectivity index (χ1v) is 9.30. The molecule has 1 N–H and O–H groups in total. The highest BCUT2D eigenvalue weighted by Crippen LogP contribution is 2.23. The number of aromatic nitrogens is 2. The van der Waals surface area contributed by atoms with Gasteiger partial charge < -0.3 is 4.57 Å². The van der Waals surface area contributed by atoms with E-state index in [1.54, 1.807) is 6.07 Å². The first-order valence-electron chi connectivity index (χ1n) is 7.94. The third-order valence-corrected chi connectivity index (χ3v) is 4.96. The molecule has 0 fully saturated rings. The second-order valence-electron chi connectivity index (χ2n) is 5.34. The molecule has 3 aromatic rings. The van der Waals surface area contributed by atoms with Gasteiger partial charge in [-0.2, -0.15) is 5.10 Å². The minimum absolute atomic E-state index is 0.134. The Hall–Kier alpha value is -2.38. The van der Waals surface area contributed by atoms with Gasteiger partial charge in [-0.3, -0.25) is 4.79 Å². The Morgan fingerprint density at radius 1 is 1.35 bits per heavy atom. The number of rotatable bonds is 6. The lowest BCUT2D eigenvalue weighted by Gasteiger charge is -2.05. The predicted octanol–water partition coefficient (Wildman–Crippen LogP) is 4.09. The molecule has 0 saturated heterocycles. The van der Waals surface area contributed by atoms with Crippen molar-refractivity contribution >= 4 is 46.5 Å². The molecule has 26 heavy (non-hydrogen) atoms. The number of hydrogen-bond acceptors (Lipinski definition) is 4. The number of thioether (sulfide) groups is 1. The lowest BCUT2D eigenvalue weighted by Crippen LogP contribution is -2.20. The van der Waals surface area contributed by atoms with Crippen LogP contribution in [0.25, 0.3) is 11.0 Å². The second kappa shape index (κ2) is 8.33. The maximum atomic E-state index is 13.6. The molecule has 0 unspecified atom stereocenters. The van der Waals surface area contributed by atoms with Gasteiger partial charge in [0, 0.05) is 12.1 Å². The van der Waals surface area contributed by atoms with Crippen LogP contribution in [-0.2, 0) is 11.3 Å². The summed E-state index contributed by atoms with van der Waals surface area (Å²) in [7, 11) is 0. The highest BCUT2D eigenvalue weighted by atomic mass is 35.5. The number of carbonyl (C=O) groups is 1. The number of hydrazone groups is 1. The maximum Gasteiger partial charge on any atom is 0.250 e. The predicted molar refractivity (Wildman–Crippen MR) is 103 cm³/mol. The summed E-state index contributed by atoms with van der Waals surface area (Å²) in [6.45, 7) is 2.79. The topological polar surface area (TPSA) is 59.3 Å². The SMILES string of the molecule is CCn1c(SCC(=O)N/N=C\c2c(F)cccc2Cl)nc2ccccc21. The summed E-state index contributed by atoms with van der Waals surface area (Å²) in [5.74, 6) is -0.666. The number of para-hydroxylation sites is 2. The fourth-order valence-electron chi connectivity index (χ4n) is 2.43. The number of imidazole rings is 1. The molecule has 8 heteroatoms. The van der Waals surface area contributed by atoms with Crippen molar-refractivity contribution < 1.29 is 9.18 Å². The van der Waals surface area contributed by atoms with Crippen molar-refractivity contribution in [3.05, 3.63) is 58.9 Å². The summed E-state index contributed by atoms with van der Waals surface area (Å²) in [6, 6.07) is 12.2. The molecule has 0 aliphatic heterocycles. The van der Waals surface area contributed by atoms with Gasteiger partial charge in [0.15, 0.2) is 5.16 Å². The Kier molecular flexibility index (Phi) is 5.90. The van der Waals surface area contributed by atoms with Crippen molar-refractivity contribution in [2.24, 2.45) is 5.10 Å². The normalized spacial score (nSPS) is 11.3. The lowest BCUT2D eigenvalue weighted by molar-refractivity contribution is -0.118. The molecule has 0 bridgehead atoms. The van der Waals surface area contributed by atoms with Crippen LogP contribution in [-0.4, -0.2) is 27.4 Å². The van der Waals surface area contributed by atoms with E-state index >= 15 is 0 Å². The number of amides is 1. The van der Waals surface area contributed by atoms with Gasteiger partial charge in [0.25, 0.3) is 5.91 Å². The standard InChI is InChI=1S/C18H16ClFN4OS/c1-2-24-16-9-4-3-8-15(16)22-18(24)26-11-17(25)23-21-10-12-13(19)6-5-7-14(12)20/h3-10H,2,11H2,1H3,(H,23,25)/b21-10-. The summed E-state index contributed by atoms with van der Waals surface area (Å²) in [5.41, 5.74) is 4.43. The first-order chi connectivity index (χ1) is 12.6. The van der Waals surface area contributed by atoms with Crippen LogP contribution in [0.5, 0.6) is 0 Å². The minimum Gasteiger partial charge on any atom is -0.319 e. The summed E-state index contributed by atoms with van der Waals surface area (Å²) in [4.78, 5) is 16.5. The Morgan fingerprint density at radius 2 is 2.15 bits per heavy atom. The van der Waals surface area contributed by atoms with Crippen LogP contribution in [0.4, 0.5) is 4.39 Å². The molecule has 0 radical (unpaired) electrons. The maximum absolute atomic E-state index is 13.6. The molecule has 0 saturated carbocycles. The van der Waals surface area contributed by atoms with Crippen LogP contribution in [0.3, 0.4) is 0 Å². The molecule has 0 aliphatic rings. The van der Waals surface area contributed by atoms with E-state index in [-0.39, 0.29) is 22.2 Å². The molecule has 1 aromatic heterocycles. The molecular weight excluding hydrogens is 375 g/mol. The van der Waals surface area contributed by atoms with Crippen molar-refractivity contribution in [2.75, 3.05) is 5.75 Å². The minimum atomic E-state index is -0.499. The first kappa shape index (κ1) is 18.4. The lowest BCUT2D eigenvalue weighted by atomic mass is 10.2. The number of benzene rings is 2. The molecule has 1 amide bonds. The summed E-state index contributed by atoms with van der Waals surface area (Å²) in [5, 5.41) is 4.77. The third-order valence-electron chi connectivity index (χ3n) is 3.65. The Balaban J connectivity index is 1.62. The van der Waals surface area contributed by atoms with E-state index in [0.717, 1.165) is 22.7 Å². The molecule has 1 heterocycles. The number of aryl methyl sites for hydroxylation is 1. The van der Waals surface area contributed by atoms with Gasteiger partial charge in [-0.25, -0.2) is 14.8 Å². The molecule has 3 rings (SSSR count). The van der Waals surface area contributed by atoms with Crippen LogP contribution >= 0.6 is 23.4 Å². The molecule has 2 aromatic carbocycles. The largest absolute Gasteiger partial charge is 0.319 e. The van der Waals surface area contributed by atoms with Gasteiger partial charge in [0.2, 0.25) is 0 Å². The fraction of sp³-hybridized carbons (Fsp3) is 0.167. The Morgan fingerprint density at radius 3 is 2.92 bits per heavy atom. The summed E-state index contributed by atoms with van der Waals surface area (Å²) < 4.78 is 15.7. The van der Waals surface area contributed by atoms with Crippen molar-refractivity contribution in [1.82, 2.24) is 15.0 Å². The van der Waals surface area contributed by atoms with Gasteiger partial charge in [-0.15, -0.1) is 0 Å². The number of fused-ring (bicyclic) bond motifs is 1. The van der Waals surface area contributed by atoms with Gasteiger partial charge in [0.05, 0.1) is 28.0 Å². The van der Waals surface area contributed by atoms with Gasteiger partial charge in [-0.1, -0.05) is 41.6 Å². The summed E-state index contributed by atoms with van der Waals surface area (Å²) in [6.07, 6.45) is 1.20. The molecule has 0 atom stereocenters. The van der Waals surface area contributed by atoms with Crippen LogP contribution < -0.4 is 5.43 Å². The number of nitrogens with one attached hydrogen (secondary N) is 1. The zero-order valence-electron chi connectivity index (χ0n) is 13.9. The van der Waals surface area contributed by atoms with Crippen LogP contribution in [0.2, 0.25) is 5.02 Å². The van der Waals surface area contributed by atoms with E-state index in [0.29, 0.717) is 0 Å². The molecule has 0 spiro atoms. The third kappa shape index (κ3) is 4.05. The molecule has 0 aliphatic carbocycles. The average Bonchev–Trinajstić information content (AvgIpc) is 3.00. The second-order valence-corrected chi connectivity index (χ2v) is 6.69. The van der Waals surface area contributed by atoms with E-state index in [1.165, 1.54) is 30.1 Å². The van der Waals surface area contributed by atoms with Crippen molar-refractivity contribution in [2.45, 2.75) is 18.6 Å². The zero-order chi connectivity index (χ0) is 18.5. The summed E-state index contributed by atoms with van der Waals surface area (Å²) >= 11 is 7.22. The smallest absolute Gasteiger partial charge is 0.250 e. The van der Waals surface area contributed by atoms with E-state index in [1.807, 2.05) is 31.2 Å². The highest BCUT2D eigenvalue weighted by Gasteiger charge is 2.11. The van der Waals surface area contributed by atoms with Crippen molar-refractivity contribution in [3.8, 4) is 0 Å². The molecule has 5 nitrogen and oxygen atoms in total. The van der Waals surface area contributed by atoms with E-state index in [9.17, 15) is 9.18 Å². The van der Waals surface area contributed by atoms with Crippen LogP contribution in [0.1, 0.15) is 12.5 Å². The average molecular weight is 391 g/mol. The fourth-order valence-corrected chi connectivity index (χ4v) is 3.52. The highest BCUT2D eigenvalue weighted by molar-refractivity contribution is 7.99. The van der Waals surface area contributed by atoms with Gasteiger partial charge in [-0.05, 0) is 31.2 Å². The quantitative estimate of drug-likeness (QED) is 0.392. The molecular formula is C18H16ClFN4OS. The monoisotopic (exact) mass is 390 g/mol. The van der Waals surface area contributed by atoms with E-state index < -0.39 is 5.82 Å². The van der Waals surface area contributed by atoms with Crippen molar-refractivity contribution in [1.29, 1.82) is 0 Å². The van der Waals surface area contributed by atoms with Gasteiger partial charge >= 0.3 is 0 Å². The Bertz CT molecular complexity index is 953. The van der Waals surface area contributed by atoms with E-state index in [2.05, 4.69) is 20.1 Å². The Labute approximate surface area is 159 Å². The zero-order valence-corrected chi connectivity index (χ0v) is 15.5. The number of hydrogen-bond donors (Lipinski definition) is 1.